The molecule has 0 bridgehead atoms. The zero-order valence-electron chi connectivity index (χ0n) is 11.4. The van der Waals surface area contributed by atoms with Crippen molar-refractivity contribution >= 4 is 0 Å². The maximum Gasteiger partial charge on any atom is 0.299 e. The van der Waals surface area contributed by atoms with Crippen LogP contribution >= 0.6 is 0 Å². The van der Waals surface area contributed by atoms with Gasteiger partial charge in [-0.25, -0.2) is 0 Å². The van der Waals surface area contributed by atoms with Crippen LogP contribution in [0.3, 0.4) is 0 Å². The van der Waals surface area contributed by atoms with Crippen molar-refractivity contribution < 1.29 is 8.78 Å². The summed E-state index contributed by atoms with van der Waals surface area (Å²) in [6.45, 7) is 3.67. The standard InChI is InChI=1S/C18H14F2/c1-3-5-13-7-9-15-14-8-6-12(4-2)10-16(14)18(19,20)17(15)11-13/h6-11H,4H2,1-2H3. The molecule has 2 heteroatoms. The first-order valence-corrected chi connectivity index (χ1v) is 6.66. The van der Waals surface area contributed by atoms with Crippen molar-refractivity contribution in [2.45, 2.75) is 26.2 Å². The highest BCUT2D eigenvalue weighted by Gasteiger charge is 2.44. The van der Waals surface area contributed by atoms with E-state index in [0.29, 0.717) is 16.7 Å². The molecule has 3 rings (SSSR count). The second kappa shape index (κ2) is 4.45. The predicted molar refractivity (Wildman–Crippen MR) is 76.8 cm³/mol. The molecule has 0 fully saturated rings. The molecule has 0 N–H and O–H groups in total. The first kappa shape index (κ1) is 12.9. The van der Waals surface area contributed by atoms with Gasteiger partial charge < -0.3 is 0 Å². The van der Waals surface area contributed by atoms with E-state index in [1.807, 2.05) is 13.0 Å². The van der Waals surface area contributed by atoms with Gasteiger partial charge in [-0.2, -0.15) is 8.78 Å². The maximum atomic E-state index is 14.6. The SMILES string of the molecule is CC#Cc1ccc2c(c1)C(F)(F)c1cc(CC)ccc1-2. The molecule has 0 aromatic heterocycles. The number of halogens is 2. The van der Waals surface area contributed by atoms with Gasteiger partial charge in [0.15, 0.2) is 0 Å². The molecule has 0 atom stereocenters. The lowest BCUT2D eigenvalue weighted by Crippen LogP contribution is -2.11. The molecule has 0 amide bonds. The lowest BCUT2D eigenvalue weighted by molar-refractivity contribution is 0.0479. The van der Waals surface area contributed by atoms with Crippen molar-refractivity contribution in [3.8, 4) is 23.0 Å². The van der Waals surface area contributed by atoms with E-state index in [1.165, 1.54) is 6.07 Å². The number of rotatable bonds is 1. The van der Waals surface area contributed by atoms with Gasteiger partial charge >= 0.3 is 0 Å². The fraction of sp³-hybridized carbons (Fsp3) is 0.222. The molecule has 0 aliphatic heterocycles. The Labute approximate surface area is 117 Å². The summed E-state index contributed by atoms with van der Waals surface area (Å²) in [5, 5.41) is 0. The molecular formula is C18H14F2. The van der Waals surface area contributed by atoms with Crippen molar-refractivity contribution in [1.82, 2.24) is 0 Å². The molecule has 20 heavy (non-hydrogen) atoms. The quantitative estimate of drug-likeness (QED) is 0.655. The van der Waals surface area contributed by atoms with Crippen LogP contribution in [0.1, 0.15) is 36.1 Å². The van der Waals surface area contributed by atoms with Gasteiger partial charge in [0.2, 0.25) is 0 Å². The molecular weight excluding hydrogens is 254 g/mol. The highest BCUT2D eigenvalue weighted by Crippen LogP contribution is 2.51. The van der Waals surface area contributed by atoms with Crippen LogP contribution in [0.2, 0.25) is 0 Å². The third-order valence-electron chi connectivity index (χ3n) is 3.75. The number of aryl methyl sites for hydroxylation is 1. The summed E-state index contributed by atoms with van der Waals surface area (Å²) >= 11 is 0. The van der Waals surface area contributed by atoms with E-state index in [4.69, 9.17) is 0 Å². The Hall–Kier alpha value is -2.14. The summed E-state index contributed by atoms with van der Waals surface area (Å²) in [5.74, 6) is 2.66. The monoisotopic (exact) mass is 268 g/mol. The smallest absolute Gasteiger partial charge is 0.196 e. The van der Waals surface area contributed by atoms with E-state index in [2.05, 4.69) is 11.8 Å². The van der Waals surface area contributed by atoms with Gasteiger partial charge in [0.05, 0.1) is 0 Å². The lowest BCUT2D eigenvalue weighted by atomic mass is 10.0. The molecule has 0 saturated heterocycles. The van der Waals surface area contributed by atoms with Gasteiger partial charge in [0.1, 0.15) is 0 Å². The molecule has 1 aliphatic carbocycles. The van der Waals surface area contributed by atoms with E-state index in [9.17, 15) is 8.78 Å². The molecule has 0 heterocycles. The van der Waals surface area contributed by atoms with Crippen molar-refractivity contribution in [3.63, 3.8) is 0 Å². The minimum absolute atomic E-state index is 0.0704. The fourth-order valence-corrected chi connectivity index (χ4v) is 2.71. The Bertz CT molecular complexity index is 746. The second-order valence-electron chi connectivity index (χ2n) is 4.94. The molecule has 0 unspecified atom stereocenters. The fourth-order valence-electron chi connectivity index (χ4n) is 2.71. The Morgan fingerprint density at radius 2 is 1.65 bits per heavy atom. The third-order valence-corrected chi connectivity index (χ3v) is 3.75. The molecule has 2 aromatic rings. The number of fused-ring (bicyclic) bond motifs is 3. The zero-order valence-corrected chi connectivity index (χ0v) is 11.4. The summed E-state index contributed by atoms with van der Waals surface area (Å²) < 4.78 is 29.2. The van der Waals surface area contributed by atoms with E-state index in [-0.39, 0.29) is 11.1 Å². The van der Waals surface area contributed by atoms with E-state index in [0.717, 1.165) is 12.0 Å². The topological polar surface area (TPSA) is 0 Å². The van der Waals surface area contributed by atoms with Crippen LogP contribution in [0.25, 0.3) is 11.1 Å². The lowest BCUT2D eigenvalue weighted by Gasteiger charge is -2.13. The number of benzene rings is 2. The molecule has 0 spiro atoms. The van der Waals surface area contributed by atoms with Crippen molar-refractivity contribution in [3.05, 3.63) is 58.7 Å². The van der Waals surface area contributed by atoms with Crippen LogP contribution < -0.4 is 0 Å². The molecule has 0 radical (unpaired) electrons. The third kappa shape index (κ3) is 1.74. The van der Waals surface area contributed by atoms with E-state index < -0.39 is 5.92 Å². The van der Waals surface area contributed by atoms with Gasteiger partial charge in [-0.3, -0.25) is 0 Å². The van der Waals surface area contributed by atoms with E-state index >= 15 is 0 Å². The van der Waals surface area contributed by atoms with Gasteiger partial charge in [0.25, 0.3) is 5.92 Å². The summed E-state index contributed by atoms with van der Waals surface area (Å²) in [6, 6.07) is 10.4. The molecule has 100 valence electrons. The predicted octanol–water partition coefficient (Wildman–Crippen LogP) is 4.74. The minimum atomic E-state index is -2.93. The van der Waals surface area contributed by atoms with Gasteiger partial charge in [-0.15, -0.1) is 5.92 Å². The van der Waals surface area contributed by atoms with Crippen LogP contribution in [0.4, 0.5) is 8.78 Å². The van der Waals surface area contributed by atoms with E-state index in [1.54, 1.807) is 31.2 Å². The van der Waals surface area contributed by atoms with Crippen LogP contribution in [-0.2, 0) is 12.3 Å². The summed E-state index contributed by atoms with van der Waals surface area (Å²) in [4.78, 5) is 0. The average molecular weight is 268 g/mol. The Kier molecular flexibility index (Phi) is 2.87. The summed E-state index contributed by atoms with van der Waals surface area (Å²) in [5.41, 5.74) is 3.02. The molecule has 0 saturated carbocycles. The number of hydrogen-bond donors (Lipinski definition) is 0. The highest BCUT2D eigenvalue weighted by molar-refractivity contribution is 5.80. The molecule has 0 nitrogen and oxygen atoms in total. The Morgan fingerprint density at radius 3 is 2.30 bits per heavy atom. The minimum Gasteiger partial charge on any atom is -0.196 e. The summed E-state index contributed by atoms with van der Waals surface area (Å²) in [6.07, 6.45) is 0.756. The van der Waals surface area contributed by atoms with Crippen molar-refractivity contribution in [2.24, 2.45) is 0 Å². The van der Waals surface area contributed by atoms with Crippen LogP contribution in [-0.4, -0.2) is 0 Å². The Morgan fingerprint density at radius 1 is 1.00 bits per heavy atom. The highest BCUT2D eigenvalue weighted by atomic mass is 19.3. The summed E-state index contributed by atoms with van der Waals surface area (Å²) in [7, 11) is 0. The second-order valence-corrected chi connectivity index (χ2v) is 4.94. The molecule has 1 aliphatic rings. The van der Waals surface area contributed by atoms with Gasteiger partial charge in [-0.1, -0.05) is 31.0 Å². The largest absolute Gasteiger partial charge is 0.299 e. The van der Waals surface area contributed by atoms with Crippen LogP contribution in [0, 0.1) is 11.8 Å². The molecule has 2 aromatic carbocycles. The number of alkyl halides is 2. The van der Waals surface area contributed by atoms with Gasteiger partial charge in [0, 0.05) is 16.7 Å². The van der Waals surface area contributed by atoms with Gasteiger partial charge in [-0.05, 0) is 48.2 Å². The normalized spacial score (nSPS) is 14.2. The first-order chi connectivity index (χ1) is 9.57. The van der Waals surface area contributed by atoms with Crippen LogP contribution in [0.15, 0.2) is 36.4 Å². The van der Waals surface area contributed by atoms with Crippen molar-refractivity contribution in [1.29, 1.82) is 0 Å². The van der Waals surface area contributed by atoms with Crippen molar-refractivity contribution in [2.75, 3.05) is 0 Å². The number of hydrogen-bond acceptors (Lipinski definition) is 0. The zero-order chi connectivity index (χ0) is 14.3. The van der Waals surface area contributed by atoms with Crippen LogP contribution in [0.5, 0.6) is 0 Å². The maximum absolute atomic E-state index is 14.6. The first-order valence-electron chi connectivity index (χ1n) is 6.66. The Balaban J connectivity index is 2.25. The average Bonchev–Trinajstić information content (AvgIpc) is 2.68.